The van der Waals surface area contributed by atoms with E-state index in [0.717, 1.165) is 50.5 Å². The molecular weight excluding hydrogens is 320 g/mol. The van der Waals surface area contributed by atoms with Gasteiger partial charge >= 0.3 is 0 Å². The topological polar surface area (TPSA) is 50.1 Å². The first-order valence-electron chi connectivity index (χ1n) is 8.34. The summed E-state index contributed by atoms with van der Waals surface area (Å²) >= 11 is 1.76. The highest BCUT2D eigenvalue weighted by molar-refractivity contribution is 7.18. The smallest absolute Gasteiger partial charge is 0.150 e. The molecule has 0 atom stereocenters. The molecule has 3 aromatic rings. The Morgan fingerprint density at radius 2 is 2.08 bits per heavy atom. The van der Waals surface area contributed by atoms with Gasteiger partial charge in [-0.05, 0) is 24.3 Å². The van der Waals surface area contributed by atoms with E-state index in [1.165, 1.54) is 15.8 Å². The number of fused-ring (bicyclic) bond motifs is 1. The molecule has 0 N–H and O–H groups in total. The molecule has 0 unspecified atom stereocenters. The van der Waals surface area contributed by atoms with Crippen LogP contribution in [0.1, 0.15) is 17.5 Å². The Balaban J connectivity index is 1.49. The van der Waals surface area contributed by atoms with Gasteiger partial charge in [0.15, 0.2) is 0 Å². The summed E-state index contributed by atoms with van der Waals surface area (Å²) in [5.41, 5.74) is 3.62. The number of rotatable bonds is 3. The van der Waals surface area contributed by atoms with Crippen LogP contribution in [0.5, 0.6) is 0 Å². The lowest BCUT2D eigenvalue weighted by atomic mass is 10.3. The van der Waals surface area contributed by atoms with Crippen molar-refractivity contribution in [2.75, 3.05) is 31.1 Å². The van der Waals surface area contributed by atoms with Crippen LogP contribution in [-0.4, -0.2) is 50.8 Å². The number of hydrogen-bond donors (Lipinski definition) is 0. The van der Waals surface area contributed by atoms with Gasteiger partial charge < -0.3 is 4.90 Å². The number of aryl methyl sites for hydroxylation is 2. The van der Waals surface area contributed by atoms with Gasteiger partial charge in [0.1, 0.15) is 12.1 Å². The molecule has 0 aromatic carbocycles. The maximum atomic E-state index is 4.59. The Kier molecular flexibility index (Phi) is 4.20. The standard InChI is InChI=1S/C17H22N6S/c1-13-11-24-16-15(13)18-12-19-17(16)23-5-3-4-22(6-7-23)10-14-8-20-21(2)9-14/h8-9,11-12H,3-7,10H2,1-2H3. The molecule has 24 heavy (non-hydrogen) atoms. The molecule has 1 aliphatic rings. The lowest BCUT2D eigenvalue weighted by molar-refractivity contribution is 0.285. The molecule has 0 amide bonds. The molecule has 0 bridgehead atoms. The molecule has 7 heteroatoms. The highest BCUT2D eigenvalue weighted by Crippen LogP contribution is 2.31. The Bertz CT molecular complexity index is 839. The second kappa shape index (κ2) is 6.49. The van der Waals surface area contributed by atoms with Gasteiger partial charge in [0.05, 0.1) is 16.4 Å². The van der Waals surface area contributed by atoms with Gasteiger partial charge in [-0.15, -0.1) is 11.3 Å². The summed E-state index contributed by atoms with van der Waals surface area (Å²) < 4.78 is 3.09. The molecule has 4 rings (SSSR count). The summed E-state index contributed by atoms with van der Waals surface area (Å²) in [7, 11) is 1.97. The van der Waals surface area contributed by atoms with E-state index in [-0.39, 0.29) is 0 Å². The molecule has 0 aliphatic carbocycles. The van der Waals surface area contributed by atoms with E-state index in [9.17, 15) is 0 Å². The van der Waals surface area contributed by atoms with Crippen LogP contribution in [-0.2, 0) is 13.6 Å². The van der Waals surface area contributed by atoms with E-state index in [1.807, 2.05) is 17.9 Å². The fourth-order valence-corrected chi connectivity index (χ4v) is 4.35. The average molecular weight is 342 g/mol. The molecule has 1 fully saturated rings. The number of nitrogens with zero attached hydrogens (tertiary/aromatic N) is 6. The molecule has 0 saturated carbocycles. The molecular formula is C17H22N6S. The van der Waals surface area contributed by atoms with Crippen molar-refractivity contribution in [3.63, 3.8) is 0 Å². The van der Waals surface area contributed by atoms with Crippen molar-refractivity contribution in [3.05, 3.63) is 35.2 Å². The van der Waals surface area contributed by atoms with E-state index in [4.69, 9.17) is 0 Å². The predicted molar refractivity (Wildman–Crippen MR) is 97.5 cm³/mol. The highest BCUT2D eigenvalue weighted by atomic mass is 32.1. The van der Waals surface area contributed by atoms with Gasteiger partial charge in [0.2, 0.25) is 0 Å². The highest BCUT2D eigenvalue weighted by Gasteiger charge is 2.19. The lowest BCUT2D eigenvalue weighted by Gasteiger charge is -2.22. The molecule has 0 spiro atoms. The van der Waals surface area contributed by atoms with Crippen molar-refractivity contribution in [2.45, 2.75) is 19.9 Å². The van der Waals surface area contributed by atoms with Crippen molar-refractivity contribution in [2.24, 2.45) is 7.05 Å². The summed E-state index contributed by atoms with van der Waals surface area (Å²) in [6.07, 6.45) is 6.92. The van der Waals surface area contributed by atoms with Crippen LogP contribution in [0.3, 0.4) is 0 Å². The van der Waals surface area contributed by atoms with Crippen LogP contribution < -0.4 is 4.90 Å². The molecule has 1 aliphatic heterocycles. The molecule has 6 nitrogen and oxygen atoms in total. The van der Waals surface area contributed by atoms with Crippen molar-refractivity contribution < 1.29 is 0 Å². The molecule has 4 heterocycles. The van der Waals surface area contributed by atoms with Crippen LogP contribution in [0.25, 0.3) is 10.2 Å². The second-order valence-corrected chi connectivity index (χ2v) is 7.31. The summed E-state index contributed by atoms with van der Waals surface area (Å²) in [6.45, 7) is 7.30. The number of hydrogen-bond acceptors (Lipinski definition) is 6. The third kappa shape index (κ3) is 3.01. The average Bonchev–Trinajstić information content (AvgIpc) is 3.07. The fourth-order valence-electron chi connectivity index (χ4n) is 3.33. The Hall–Kier alpha value is -1.99. The first kappa shape index (κ1) is 15.5. The SMILES string of the molecule is Cc1csc2c(N3CCCN(Cc4cnn(C)c4)CC3)ncnc12. The Morgan fingerprint density at radius 1 is 1.17 bits per heavy atom. The van der Waals surface area contributed by atoms with E-state index in [0.29, 0.717) is 0 Å². The number of anilines is 1. The minimum absolute atomic E-state index is 0.971. The zero-order valence-electron chi connectivity index (χ0n) is 14.1. The van der Waals surface area contributed by atoms with Crippen LogP contribution >= 0.6 is 11.3 Å². The van der Waals surface area contributed by atoms with Gasteiger partial charge in [-0.2, -0.15) is 5.10 Å². The third-order valence-corrected chi connectivity index (χ3v) is 5.65. The van der Waals surface area contributed by atoms with Crippen LogP contribution in [0.15, 0.2) is 24.1 Å². The summed E-state index contributed by atoms with van der Waals surface area (Å²) in [5.74, 6) is 1.10. The summed E-state index contributed by atoms with van der Waals surface area (Å²) in [5, 5.41) is 6.44. The minimum atomic E-state index is 0.971. The fraction of sp³-hybridized carbons (Fsp3) is 0.471. The van der Waals surface area contributed by atoms with Gasteiger partial charge in [0.25, 0.3) is 0 Å². The van der Waals surface area contributed by atoms with Crippen molar-refractivity contribution in [1.29, 1.82) is 0 Å². The molecule has 1 saturated heterocycles. The normalized spacial score (nSPS) is 16.7. The van der Waals surface area contributed by atoms with E-state index in [1.54, 1.807) is 17.7 Å². The van der Waals surface area contributed by atoms with Crippen LogP contribution in [0, 0.1) is 6.92 Å². The first-order valence-corrected chi connectivity index (χ1v) is 9.22. The van der Waals surface area contributed by atoms with Crippen molar-refractivity contribution >= 4 is 27.4 Å². The van der Waals surface area contributed by atoms with E-state index in [2.05, 4.69) is 43.4 Å². The Morgan fingerprint density at radius 3 is 2.92 bits per heavy atom. The third-order valence-electron chi connectivity index (χ3n) is 4.56. The quantitative estimate of drug-likeness (QED) is 0.732. The number of thiophene rings is 1. The maximum absolute atomic E-state index is 4.59. The van der Waals surface area contributed by atoms with Crippen LogP contribution in [0.2, 0.25) is 0 Å². The first-order chi connectivity index (χ1) is 11.7. The largest absolute Gasteiger partial charge is 0.354 e. The summed E-state index contributed by atoms with van der Waals surface area (Å²) in [4.78, 5) is 14.0. The van der Waals surface area contributed by atoms with Gasteiger partial charge in [-0.3, -0.25) is 9.58 Å². The van der Waals surface area contributed by atoms with E-state index >= 15 is 0 Å². The Labute approximate surface area is 145 Å². The monoisotopic (exact) mass is 342 g/mol. The zero-order chi connectivity index (χ0) is 16.5. The zero-order valence-corrected chi connectivity index (χ0v) is 15.0. The van der Waals surface area contributed by atoms with Gasteiger partial charge in [0, 0.05) is 51.5 Å². The molecule has 3 aromatic heterocycles. The van der Waals surface area contributed by atoms with Crippen molar-refractivity contribution in [1.82, 2.24) is 24.6 Å². The molecule has 126 valence electrons. The number of aromatic nitrogens is 4. The van der Waals surface area contributed by atoms with Gasteiger partial charge in [-0.1, -0.05) is 0 Å². The van der Waals surface area contributed by atoms with Gasteiger partial charge in [-0.25, -0.2) is 9.97 Å². The summed E-state index contributed by atoms with van der Waals surface area (Å²) in [6, 6.07) is 0. The lowest BCUT2D eigenvalue weighted by Crippen LogP contribution is -2.31. The van der Waals surface area contributed by atoms with E-state index < -0.39 is 0 Å². The van der Waals surface area contributed by atoms with Crippen LogP contribution in [0.4, 0.5) is 5.82 Å². The minimum Gasteiger partial charge on any atom is -0.354 e. The van der Waals surface area contributed by atoms with Crippen molar-refractivity contribution in [3.8, 4) is 0 Å². The second-order valence-electron chi connectivity index (χ2n) is 6.43. The predicted octanol–water partition coefficient (Wildman–Crippen LogP) is 2.45. The molecule has 0 radical (unpaired) electrons. The maximum Gasteiger partial charge on any atom is 0.150 e.